The minimum Gasteiger partial charge on any atom is -0.463 e. The van der Waals surface area contributed by atoms with Gasteiger partial charge in [0.15, 0.2) is 0 Å². The molecule has 0 saturated carbocycles. The number of hydrogen-bond acceptors (Lipinski definition) is 3. The molecule has 0 fully saturated rings. The summed E-state index contributed by atoms with van der Waals surface area (Å²) in [5, 5.41) is 8.67. The number of ether oxygens (including phenoxy) is 1. The zero-order valence-corrected chi connectivity index (χ0v) is 6.20. The molecule has 1 N–H and O–H groups in total. The molecular formula is C7H12O3. The standard InChI is InChI=1S/C7H12O3/c1-3-10-7(9)5-4-6(2)8/h4-6,8H,3H2,1-2H3/b5-4+/t6-/m0/s1. The van der Waals surface area contributed by atoms with Gasteiger partial charge >= 0.3 is 5.97 Å². The van der Waals surface area contributed by atoms with Gasteiger partial charge in [-0.15, -0.1) is 0 Å². The molecule has 0 rings (SSSR count). The van der Waals surface area contributed by atoms with Gasteiger partial charge in [-0.05, 0) is 19.9 Å². The average molecular weight is 144 g/mol. The Labute approximate surface area is 60.3 Å². The summed E-state index contributed by atoms with van der Waals surface area (Å²) in [7, 11) is 0. The van der Waals surface area contributed by atoms with E-state index in [0.29, 0.717) is 6.61 Å². The number of aliphatic hydroxyl groups excluding tert-OH is 1. The lowest BCUT2D eigenvalue weighted by Crippen LogP contribution is -2.01. The Bertz CT molecular complexity index is 127. The van der Waals surface area contributed by atoms with E-state index in [2.05, 4.69) is 4.74 Å². The molecule has 3 nitrogen and oxygen atoms in total. The molecule has 0 aromatic heterocycles. The number of carbonyl (C=O) groups is 1. The van der Waals surface area contributed by atoms with Crippen molar-refractivity contribution in [1.29, 1.82) is 0 Å². The molecule has 1 atom stereocenters. The fraction of sp³-hybridized carbons (Fsp3) is 0.571. The third kappa shape index (κ3) is 5.31. The molecule has 10 heavy (non-hydrogen) atoms. The second-order valence-corrected chi connectivity index (χ2v) is 1.85. The Kier molecular flexibility index (Phi) is 4.58. The Morgan fingerprint density at radius 1 is 1.80 bits per heavy atom. The Hall–Kier alpha value is -0.830. The van der Waals surface area contributed by atoms with Crippen LogP contribution in [-0.2, 0) is 9.53 Å². The number of carbonyl (C=O) groups excluding carboxylic acids is 1. The highest BCUT2D eigenvalue weighted by atomic mass is 16.5. The maximum absolute atomic E-state index is 10.5. The predicted octanol–water partition coefficient (Wildman–Crippen LogP) is 0.486. The maximum Gasteiger partial charge on any atom is 0.330 e. The molecule has 0 amide bonds. The molecule has 0 radical (unpaired) electrons. The van der Waals surface area contributed by atoms with Crippen molar-refractivity contribution in [3.8, 4) is 0 Å². The smallest absolute Gasteiger partial charge is 0.330 e. The van der Waals surface area contributed by atoms with Gasteiger partial charge in [-0.3, -0.25) is 0 Å². The van der Waals surface area contributed by atoms with Crippen LogP contribution in [0.5, 0.6) is 0 Å². The Balaban J connectivity index is 3.56. The minimum atomic E-state index is -0.593. The third-order valence-corrected chi connectivity index (χ3v) is 0.797. The summed E-state index contributed by atoms with van der Waals surface area (Å²) < 4.78 is 4.56. The highest BCUT2D eigenvalue weighted by Crippen LogP contribution is 1.85. The van der Waals surface area contributed by atoms with Gasteiger partial charge in [-0.2, -0.15) is 0 Å². The fourth-order valence-corrected chi connectivity index (χ4v) is 0.408. The van der Waals surface area contributed by atoms with Crippen LogP contribution in [0.2, 0.25) is 0 Å². The molecule has 0 unspecified atom stereocenters. The van der Waals surface area contributed by atoms with Crippen molar-refractivity contribution in [3.05, 3.63) is 12.2 Å². The zero-order chi connectivity index (χ0) is 7.98. The van der Waals surface area contributed by atoms with Crippen LogP contribution in [0.25, 0.3) is 0 Å². The Morgan fingerprint density at radius 2 is 2.40 bits per heavy atom. The van der Waals surface area contributed by atoms with Crippen molar-refractivity contribution in [1.82, 2.24) is 0 Å². The molecule has 0 aromatic carbocycles. The van der Waals surface area contributed by atoms with E-state index in [0.717, 1.165) is 0 Å². The van der Waals surface area contributed by atoms with Crippen molar-refractivity contribution >= 4 is 5.97 Å². The summed E-state index contributed by atoms with van der Waals surface area (Å²) in [5.41, 5.74) is 0. The summed E-state index contributed by atoms with van der Waals surface area (Å²) in [6, 6.07) is 0. The molecule has 0 heterocycles. The number of hydrogen-bond donors (Lipinski definition) is 1. The highest BCUT2D eigenvalue weighted by Gasteiger charge is 1.93. The maximum atomic E-state index is 10.5. The van der Waals surface area contributed by atoms with Gasteiger partial charge in [0.25, 0.3) is 0 Å². The van der Waals surface area contributed by atoms with Crippen LogP contribution < -0.4 is 0 Å². The number of aliphatic hydroxyl groups is 1. The molecule has 0 aromatic rings. The van der Waals surface area contributed by atoms with Gasteiger partial charge in [0.05, 0.1) is 12.7 Å². The summed E-state index contributed by atoms with van der Waals surface area (Å²) in [6.45, 7) is 3.66. The van der Waals surface area contributed by atoms with Gasteiger partial charge in [0, 0.05) is 6.08 Å². The average Bonchev–Trinajstić information content (AvgIpc) is 1.85. The first-order chi connectivity index (χ1) is 4.66. The van der Waals surface area contributed by atoms with Crippen LogP contribution >= 0.6 is 0 Å². The van der Waals surface area contributed by atoms with E-state index in [1.807, 2.05) is 0 Å². The van der Waals surface area contributed by atoms with Crippen molar-refractivity contribution in [2.24, 2.45) is 0 Å². The summed E-state index contributed by atoms with van der Waals surface area (Å²) >= 11 is 0. The lowest BCUT2D eigenvalue weighted by atomic mass is 10.3. The number of esters is 1. The molecule has 0 saturated heterocycles. The normalized spacial score (nSPS) is 13.5. The monoisotopic (exact) mass is 144 g/mol. The van der Waals surface area contributed by atoms with Crippen molar-refractivity contribution < 1.29 is 14.6 Å². The summed E-state index contributed by atoms with van der Waals surface area (Å²) in [5.74, 6) is -0.414. The van der Waals surface area contributed by atoms with Gasteiger partial charge in [0.2, 0.25) is 0 Å². The molecule has 3 heteroatoms. The SMILES string of the molecule is CCOC(=O)/C=C/[C@H](C)O. The quantitative estimate of drug-likeness (QED) is 0.463. The Morgan fingerprint density at radius 3 is 2.80 bits per heavy atom. The molecule has 0 aliphatic rings. The second-order valence-electron chi connectivity index (χ2n) is 1.85. The van der Waals surface area contributed by atoms with E-state index in [4.69, 9.17) is 5.11 Å². The second kappa shape index (κ2) is 4.99. The van der Waals surface area contributed by atoms with Crippen LogP contribution in [0.4, 0.5) is 0 Å². The third-order valence-electron chi connectivity index (χ3n) is 0.797. The first kappa shape index (κ1) is 9.17. The van der Waals surface area contributed by atoms with E-state index < -0.39 is 12.1 Å². The summed E-state index contributed by atoms with van der Waals surface area (Å²) in [6.07, 6.45) is 2.00. The lowest BCUT2D eigenvalue weighted by molar-refractivity contribution is -0.137. The fourth-order valence-electron chi connectivity index (χ4n) is 0.408. The van der Waals surface area contributed by atoms with Gasteiger partial charge in [-0.1, -0.05) is 0 Å². The lowest BCUT2D eigenvalue weighted by Gasteiger charge is -1.95. The van der Waals surface area contributed by atoms with E-state index in [9.17, 15) is 4.79 Å². The van der Waals surface area contributed by atoms with Crippen LogP contribution in [-0.4, -0.2) is 23.8 Å². The predicted molar refractivity (Wildman–Crippen MR) is 37.5 cm³/mol. The zero-order valence-electron chi connectivity index (χ0n) is 6.20. The first-order valence-electron chi connectivity index (χ1n) is 3.19. The highest BCUT2D eigenvalue weighted by molar-refractivity contribution is 5.81. The minimum absolute atomic E-state index is 0.364. The molecule has 58 valence electrons. The van der Waals surface area contributed by atoms with Crippen LogP contribution in [0, 0.1) is 0 Å². The van der Waals surface area contributed by atoms with Crippen molar-refractivity contribution in [2.45, 2.75) is 20.0 Å². The summed E-state index contributed by atoms with van der Waals surface area (Å²) in [4.78, 5) is 10.5. The van der Waals surface area contributed by atoms with Crippen LogP contribution in [0.3, 0.4) is 0 Å². The molecule has 0 spiro atoms. The van der Waals surface area contributed by atoms with Gasteiger partial charge < -0.3 is 9.84 Å². The topological polar surface area (TPSA) is 46.5 Å². The largest absolute Gasteiger partial charge is 0.463 e. The van der Waals surface area contributed by atoms with Gasteiger partial charge in [-0.25, -0.2) is 4.79 Å². The van der Waals surface area contributed by atoms with E-state index in [-0.39, 0.29) is 0 Å². The van der Waals surface area contributed by atoms with E-state index in [1.54, 1.807) is 13.8 Å². The van der Waals surface area contributed by atoms with Crippen molar-refractivity contribution in [3.63, 3.8) is 0 Å². The van der Waals surface area contributed by atoms with Crippen LogP contribution in [0.15, 0.2) is 12.2 Å². The van der Waals surface area contributed by atoms with E-state index >= 15 is 0 Å². The van der Waals surface area contributed by atoms with Crippen LogP contribution in [0.1, 0.15) is 13.8 Å². The molecule has 0 aliphatic heterocycles. The van der Waals surface area contributed by atoms with E-state index in [1.165, 1.54) is 12.2 Å². The number of rotatable bonds is 3. The first-order valence-corrected chi connectivity index (χ1v) is 3.19. The molecule has 0 aliphatic carbocycles. The van der Waals surface area contributed by atoms with Crippen molar-refractivity contribution in [2.75, 3.05) is 6.61 Å². The molecular weight excluding hydrogens is 132 g/mol. The molecule has 0 bridgehead atoms. The van der Waals surface area contributed by atoms with Gasteiger partial charge in [0.1, 0.15) is 0 Å².